The highest BCUT2D eigenvalue weighted by molar-refractivity contribution is 9.10. The zero-order valence-corrected chi connectivity index (χ0v) is 12.3. The molecule has 1 aliphatic heterocycles. The van der Waals surface area contributed by atoms with Crippen molar-refractivity contribution in [3.8, 4) is 0 Å². The lowest BCUT2D eigenvalue weighted by molar-refractivity contribution is 0.484. The lowest BCUT2D eigenvalue weighted by Gasteiger charge is -2.36. The first kappa shape index (κ1) is 12.7. The number of benzene rings is 1. The summed E-state index contributed by atoms with van der Waals surface area (Å²) in [6.45, 7) is 6.59. The van der Waals surface area contributed by atoms with E-state index in [0.29, 0.717) is 6.04 Å². The van der Waals surface area contributed by atoms with E-state index in [1.807, 2.05) is 0 Å². The van der Waals surface area contributed by atoms with E-state index >= 15 is 0 Å². The van der Waals surface area contributed by atoms with Crippen LogP contribution in [-0.4, -0.2) is 19.1 Å². The molecule has 17 heavy (non-hydrogen) atoms. The highest BCUT2D eigenvalue weighted by atomic mass is 79.9. The molecule has 2 nitrogen and oxygen atoms in total. The van der Waals surface area contributed by atoms with Crippen molar-refractivity contribution in [2.24, 2.45) is 0 Å². The Bertz CT molecular complexity index is 378. The van der Waals surface area contributed by atoms with Crippen LogP contribution < -0.4 is 10.2 Å². The van der Waals surface area contributed by atoms with E-state index in [1.165, 1.54) is 41.7 Å². The molecule has 1 unspecified atom stereocenters. The topological polar surface area (TPSA) is 15.3 Å². The second-order valence-corrected chi connectivity index (χ2v) is 5.59. The molecule has 1 saturated heterocycles. The zero-order valence-electron chi connectivity index (χ0n) is 10.7. The highest BCUT2D eigenvalue weighted by Crippen LogP contribution is 2.33. The Labute approximate surface area is 113 Å². The van der Waals surface area contributed by atoms with Crippen molar-refractivity contribution in [1.29, 1.82) is 0 Å². The summed E-state index contributed by atoms with van der Waals surface area (Å²) >= 11 is 3.70. The van der Waals surface area contributed by atoms with Crippen LogP contribution in [0.25, 0.3) is 0 Å². The first-order valence-corrected chi connectivity index (χ1v) is 7.31. The molecule has 0 aromatic heterocycles. The first-order chi connectivity index (χ1) is 8.22. The van der Waals surface area contributed by atoms with Gasteiger partial charge in [-0.25, -0.2) is 0 Å². The van der Waals surface area contributed by atoms with Crippen molar-refractivity contribution in [2.45, 2.75) is 39.2 Å². The predicted molar refractivity (Wildman–Crippen MR) is 79.0 cm³/mol. The Morgan fingerprint density at radius 1 is 1.41 bits per heavy atom. The SMILES string of the molecule is CCNc1ccc(N2CCCCC2C)c(Br)c1. The minimum Gasteiger partial charge on any atom is -0.385 e. The minimum absolute atomic E-state index is 0.657. The molecule has 1 atom stereocenters. The summed E-state index contributed by atoms with van der Waals surface area (Å²) < 4.78 is 1.20. The Morgan fingerprint density at radius 3 is 2.88 bits per heavy atom. The minimum atomic E-state index is 0.657. The van der Waals surface area contributed by atoms with Gasteiger partial charge in [-0.05, 0) is 67.2 Å². The van der Waals surface area contributed by atoms with Crippen LogP contribution in [0.3, 0.4) is 0 Å². The fourth-order valence-electron chi connectivity index (χ4n) is 2.51. The lowest BCUT2D eigenvalue weighted by Crippen LogP contribution is -2.37. The van der Waals surface area contributed by atoms with Gasteiger partial charge < -0.3 is 10.2 Å². The Hall–Kier alpha value is -0.700. The van der Waals surface area contributed by atoms with E-state index in [0.717, 1.165) is 6.54 Å². The Balaban J connectivity index is 2.20. The van der Waals surface area contributed by atoms with Crippen molar-refractivity contribution in [2.75, 3.05) is 23.3 Å². The maximum Gasteiger partial charge on any atom is 0.0514 e. The van der Waals surface area contributed by atoms with Gasteiger partial charge in [0.1, 0.15) is 0 Å². The average molecular weight is 297 g/mol. The molecule has 2 rings (SSSR count). The van der Waals surface area contributed by atoms with Gasteiger partial charge in [0.25, 0.3) is 0 Å². The van der Waals surface area contributed by atoms with E-state index < -0.39 is 0 Å². The highest BCUT2D eigenvalue weighted by Gasteiger charge is 2.20. The van der Waals surface area contributed by atoms with Crippen LogP contribution in [0.2, 0.25) is 0 Å². The van der Waals surface area contributed by atoms with Crippen molar-refractivity contribution >= 4 is 27.3 Å². The molecule has 1 N–H and O–H groups in total. The van der Waals surface area contributed by atoms with Crippen LogP contribution in [0.1, 0.15) is 33.1 Å². The second-order valence-electron chi connectivity index (χ2n) is 4.73. The average Bonchev–Trinajstić information content (AvgIpc) is 2.31. The van der Waals surface area contributed by atoms with Gasteiger partial charge >= 0.3 is 0 Å². The van der Waals surface area contributed by atoms with Gasteiger partial charge in [-0.3, -0.25) is 0 Å². The van der Waals surface area contributed by atoms with Crippen LogP contribution in [-0.2, 0) is 0 Å². The summed E-state index contributed by atoms with van der Waals surface area (Å²) in [7, 11) is 0. The van der Waals surface area contributed by atoms with E-state index in [9.17, 15) is 0 Å². The van der Waals surface area contributed by atoms with Gasteiger partial charge in [0, 0.05) is 29.3 Å². The summed E-state index contributed by atoms with van der Waals surface area (Å²) in [4.78, 5) is 2.52. The number of anilines is 2. The molecule has 1 aliphatic rings. The molecular weight excluding hydrogens is 276 g/mol. The van der Waals surface area contributed by atoms with E-state index in [1.54, 1.807) is 0 Å². The van der Waals surface area contributed by atoms with Gasteiger partial charge in [-0.2, -0.15) is 0 Å². The molecule has 0 amide bonds. The maximum atomic E-state index is 3.70. The van der Waals surface area contributed by atoms with Crippen LogP contribution >= 0.6 is 15.9 Å². The van der Waals surface area contributed by atoms with Gasteiger partial charge in [0.15, 0.2) is 0 Å². The molecule has 0 radical (unpaired) electrons. The predicted octanol–water partition coefficient (Wildman–Crippen LogP) is 4.26. The second kappa shape index (κ2) is 5.76. The molecule has 0 bridgehead atoms. The third kappa shape index (κ3) is 2.95. The number of hydrogen-bond acceptors (Lipinski definition) is 2. The molecular formula is C14H21BrN2. The largest absolute Gasteiger partial charge is 0.385 e. The lowest BCUT2D eigenvalue weighted by atomic mass is 10.0. The molecule has 0 spiro atoms. The summed E-state index contributed by atoms with van der Waals surface area (Å²) in [6.07, 6.45) is 3.98. The van der Waals surface area contributed by atoms with Crippen molar-refractivity contribution in [3.05, 3.63) is 22.7 Å². The van der Waals surface area contributed by atoms with Crippen molar-refractivity contribution in [1.82, 2.24) is 0 Å². The summed E-state index contributed by atoms with van der Waals surface area (Å²) in [5, 5.41) is 3.34. The van der Waals surface area contributed by atoms with Crippen LogP contribution in [0.15, 0.2) is 22.7 Å². The number of hydrogen-bond donors (Lipinski definition) is 1. The van der Waals surface area contributed by atoms with Crippen LogP contribution in [0.5, 0.6) is 0 Å². The fraction of sp³-hybridized carbons (Fsp3) is 0.571. The third-order valence-corrected chi connectivity index (χ3v) is 4.08. The molecule has 1 aromatic rings. The molecule has 94 valence electrons. The molecule has 1 aromatic carbocycles. The first-order valence-electron chi connectivity index (χ1n) is 6.52. The third-order valence-electron chi connectivity index (χ3n) is 3.44. The van der Waals surface area contributed by atoms with E-state index in [4.69, 9.17) is 0 Å². The van der Waals surface area contributed by atoms with E-state index in [-0.39, 0.29) is 0 Å². The van der Waals surface area contributed by atoms with E-state index in [2.05, 4.69) is 58.2 Å². The standard InChI is InChI=1S/C14H21BrN2/c1-3-16-12-7-8-14(13(15)10-12)17-9-5-4-6-11(17)2/h7-8,10-11,16H,3-6,9H2,1-2H3. The number of halogens is 1. The van der Waals surface area contributed by atoms with Crippen LogP contribution in [0, 0.1) is 0 Å². The van der Waals surface area contributed by atoms with Crippen LogP contribution in [0.4, 0.5) is 11.4 Å². The number of rotatable bonds is 3. The Morgan fingerprint density at radius 2 is 2.24 bits per heavy atom. The zero-order chi connectivity index (χ0) is 12.3. The molecule has 0 aliphatic carbocycles. The van der Waals surface area contributed by atoms with Gasteiger partial charge in [0.05, 0.1) is 5.69 Å². The Kier molecular flexibility index (Phi) is 4.32. The molecule has 1 fully saturated rings. The smallest absolute Gasteiger partial charge is 0.0514 e. The summed E-state index contributed by atoms with van der Waals surface area (Å²) in [6, 6.07) is 7.24. The molecule has 0 saturated carbocycles. The van der Waals surface area contributed by atoms with Gasteiger partial charge in [-0.15, -0.1) is 0 Å². The normalized spacial score (nSPS) is 20.4. The number of nitrogens with zero attached hydrogens (tertiary/aromatic N) is 1. The summed E-state index contributed by atoms with van der Waals surface area (Å²) in [5.74, 6) is 0. The fourth-order valence-corrected chi connectivity index (χ4v) is 3.12. The molecule has 3 heteroatoms. The van der Waals surface area contributed by atoms with Gasteiger partial charge in [-0.1, -0.05) is 0 Å². The number of nitrogens with one attached hydrogen (secondary N) is 1. The maximum absolute atomic E-state index is 3.70. The van der Waals surface area contributed by atoms with Gasteiger partial charge in [0.2, 0.25) is 0 Å². The molecule has 1 heterocycles. The monoisotopic (exact) mass is 296 g/mol. The quantitative estimate of drug-likeness (QED) is 0.896. The van der Waals surface area contributed by atoms with Crippen molar-refractivity contribution < 1.29 is 0 Å². The number of piperidine rings is 1. The summed E-state index contributed by atoms with van der Waals surface area (Å²) in [5.41, 5.74) is 2.52. The van der Waals surface area contributed by atoms with Crippen molar-refractivity contribution in [3.63, 3.8) is 0 Å².